The molecule has 23 heavy (non-hydrogen) atoms. The molecule has 2 amide bonds. The van der Waals surface area contributed by atoms with Gasteiger partial charge in [-0.05, 0) is 31.4 Å². The van der Waals surface area contributed by atoms with Gasteiger partial charge in [0.1, 0.15) is 11.8 Å². The Morgan fingerprint density at radius 3 is 2.91 bits per heavy atom. The number of hydrogen-bond acceptors (Lipinski definition) is 4. The second kappa shape index (κ2) is 8.33. The molecule has 0 radical (unpaired) electrons. The highest BCUT2D eigenvalue weighted by molar-refractivity contribution is 5.99. The normalized spacial score (nSPS) is 18.7. The maximum atomic E-state index is 12.5. The lowest BCUT2D eigenvalue weighted by Gasteiger charge is -2.22. The summed E-state index contributed by atoms with van der Waals surface area (Å²) in [7, 11) is 2.93. The van der Waals surface area contributed by atoms with Gasteiger partial charge < -0.3 is 10.1 Å². The van der Waals surface area contributed by atoms with E-state index in [0.717, 1.165) is 17.9 Å². The van der Waals surface area contributed by atoms with Crippen molar-refractivity contribution in [2.24, 2.45) is 0 Å². The first-order valence-corrected chi connectivity index (χ1v) is 7.63. The fraction of sp³-hybridized carbons (Fsp3) is 0.412. The SMILES string of the molecule is CON(C)C(=O)[C@@H]1CC=CCCCOc2ccccc2C(=O)N1. The average Bonchev–Trinajstić information content (AvgIpc) is 2.57. The van der Waals surface area contributed by atoms with Crippen LogP contribution in [0.3, 0.4) is 0 Å². The second-order valence-corrected chi connectivity index (χ2v) is 5.24. The molecule has 1 aliphatic rings. The van der Waals surface area contributed by atoms with Gasteiger partial charge in [-0.15, -0.1) is 0 Å². The summed E-state index contributed by atoms with van der Waals surface area (Å²) in [5.74, 6) is -0.112. The van der Waals surface area contributed by atoms with Gasteiger partial charge in [0.25, 0.3) is 11.8 Å². The van der Waals surface area contributed by atoms with Crippen molar-refractivity contribution in [1.29, 1.82) is 0 Å². The van der Waals surface area contributed by atoms with Gasteiger partial charge in [0.2, 0.25) is 0 Å². The van der Waals surface area contributed by atoms with Gasteiger partial charge in [0.05, 0.1) is 19.3 Å². The molecule has 1 N–H and O–H groups in total. The van der Waals surface area contributed by atoms with E-state index in [1.807, 2.05) is 18.2 Å². The molecule has 1 aromatic rings. The van der Waals surface area contributed by atoms with Gasteiger partial charge in [-0.1, -0.05) is 24.3 Å². The highest BCUT2D eigenvalue weighted by atomic mass is 16.7. The molecule has 0 bridgehead atoms. The van der Waals surface area contributed by atoms with Crippen LogP contribution in [0.4, 0.5) is 0 Å². The second-order valence-electron chi connectivity index (χ2n) is 5.24. The number of carbonyl (C=O) groups excluding carboxylic acids is 2. The van der Waals surface area contributed by atoms with Gasteiger partial charge in [-0.2, -0.15) is 0 Å². The molecule has 0 unspecified atom stereocenters. The Morgan fingerprint density at radius 1 is 1.35 bits per heavy atom. The fourth-order valence-electron chi connectivity index (χ4n) is 2.28. The molecule has 1 aromatic carbocycles. The summed E-state index contributed by atoms with van der Waals surface area (Å²) in [4.78, 5) is 29.8. The van der Waals surface area contributed by atoms with Crippen LogP contribution in [-0.2, 0) is 9.63 Å². The first-order valence-electron chi connectivity index (χ1n) is 7.63. The van der Waals surface area contributed by atoms with Crippen molar-refractivity contribution in [2.75, 3.05) is 20.8 Å². The van der Waals surface area contributed by atoms with Crippen LogP contribution >= 0.6 is 0 Å². The van der Waals surface area contributed by atoms with Gasteiger partial charge in [-0.3, -0.25) is 14.4 Å². The van der Waals surface area contributed by atoms with Gasteiger partial charge in [0, 0.05) is 7.05 Å². The number of para-hydroxylation sites is 1. The predicted molar refractivity (Wildman–Crippen MR) is 86.0 cm³/mol. The summed E-state index contributed by atoms with van der Waals surface area (Å²) in [6.45, 7) is 0.545. The lowest BCUT2D eigenvalue weighted by molar-refractivity contribution is -0.170. The number of hydrogen-bond donors (Lipinski definition) is 1. The predicted octanol–water partition coefficient (Wildman–Crippen LogP) is 1.92. The van der Waals surface area contributed by atoms with Crippen LogP contribution in [0, 0.1) is 0 Å². The summed E-state index contributed by atoms with van der Waals surface area (Å²) in [5, 5.41) is 3.88. The zero-order chi connectivity index (χ0) is 16.7. The molecular formula is C17H22N2O4. The highest BCUT2D eigenvalue weighted by Crippen LogP contribution is 2.19. The van der Waals surface area contributed by atoms with E-state index in [9.17, 15) is 9.59 Å². The Bertz CT molecular complexity index is 586. The first-order chi connectivity index (χ1) is 11.1. The van der Waals surface area contributed by atoms with Crippen LogP contribution in [0.15, 0.2) is 36.4 Å². The summed E-state index contributed by atoms with van der Waals surface area (Å²) >= 11 is 0. The number of allylic oxidation sites excluding steroid dienone is 1. The highest BCUT2D eigenvalue weighted by Gasteiger charge is 2.25. The number of amides is 2. The van der Waals surface area contributed by atoms with E-state index in [4.69, 9.17) is 9.57 Å². The molecule has 6 nitrogen and oxygen atoms in total. The number of benzene rings is 1. The van der Waals surface area contributed by atoms with E-state index in [0.29, 0.717) is 24.3 Å². The Hall–Kier alpha value is -2.34. The summed E-state index contributed by atoms with van der Waals surface area (Å²) in [5.41, 5.74) is 0.426. The number of hydroxylamine groups is 2. The van der Waals surface area contributed by atoms with E-state index in [2.05, 4.69) is 5.32 Å². The minimum Gasteiger partial charge on any atom is -0.493 e. The molecule has 124 valence electrons. The number of fused-ring (bicyclic) bond motifs is 1. The Kier molecular flexibility index (Phi) is 6.17. The van der Waals surface area contributed by atoms with Gasteiger partial charge >= 0.3 is 0 Å². The molecule has 0 saturated carbocycles. The molecule has 1 atom stereocenters. The van der Waals surface area contributed by atoms with Crippen molar-refractivity contribution >= 4 is 11.8 Å². The molecule has 2 rings (SSSR count). The Labute approximate surface area is 136 Å². The van der Waals surface area contributed by atoms with Crippen LogP contribution < -0.4 is 10.1 Å². The maximum Gasteiger partial charge on any atom is 0.268 e. The Balaban J connectivity index is 2.25. The minimum absolute atomic E-state index is 0.305. The number of rotatable bonds is 2. The number of carbonyl (C=O) groups is 2. The third-order valence-electron chi connectivity index (χ3n) is 3.63. The fourth-order valence-corrected chi connectivity index (χ4v) is 2.28. The maximum absolute atomic E-state index is 12.5. The summed E-state index contributed by atoms with van der Waals surface area (Å²) in [6, 6.07) is 6.35. The molecule has 0 spiro atoms. The van der Waals surface area contributed by atoms with Gasteiger partial charge in [0.15, 0.2) is 0 Å². The number of ether oxygens (including phenoxy) is 1. The smallest absolute Gasteiger partial charge is 0.268 e. The topological polar surface area (TPSA) is 67.9 Å². The van der Waals surface area contributed by atoms with E-state index < -0.39 is 6.04 Å². The largest absolute Gasteiger partial charge is 0.493 e. The lowest BCUT2D eigenvalue weighted by Crippen LogP contribution is -2.46. The third kappa shape index (κ3) is 4.56. The van der Waals surface area contributed by atoms with E-state index in [-0.39, 0.29) is 11.8 Å². The zero-order valence-corrected chi connectivity index (χ0v) is 13.5. The molecule has 0 aliphatic carbocycles. The molecule has 0 saturated heterocycles. The molecular weight excluding hydrogens is 296 g/mol. The van der Waals surface area contributed by atoms with Crippen LogP contribution in [0.2, 0.25) is 0 Å². The number of nitrogens with one attached hydrogen (secondary N) is 1. The number of likely N-dealkylation sites (N-methyl/N-ethyl adjacent to an activating group) is 1. The van der Waals surface area contributed by atoms with Gasteiger partial charge in [-0.25, -0.2) is 5.06 Å². The van der Waals surface area contributed by atoms with Crippen molar-refractivity contribution in [1.82, 2.24) is 10.4 Å². The van der Waals surface area contributed by atoms with Crippen LogP contribution in [0.5, 0.6) is 5.75 Å². The molecule has 6 heteroatoms. The number of nitrogens with zero attached hydrogens (tertiary/aromatic N) is 1. The van der Waals surface area contributed by atoms with E-state index in [1.54, 1.807) is 18.2 Å². The third-order valence-corrected chi connectivity index (χ3v) is 3.63. The lowest BCUT2D eigenvalue weighted by atomic mass is 10.1. The van der Waals surface area contributed by atoms with Crippen LogP contribution in [0.1, 0.15) is 29.6 Å². The monoisotopic (exact) mass is 318 g/mol. The van der Waals surface area contributed by atoms with Crippen molar-refractivity contribution < 1.29 is 19.2 Å². The summed E-state index contributed by atoms with van der Waals surface area (Å²) < 4.78 is 5.68. The molecule has 1 aliphatic heterocycles. The minimum atomic E-state index is -0.684. The van der Waals surface area contributed by atoms with E-state index in [1.165, 1.54) is 14.2 Å². The van der Waals surface area contributed by atoms with Crippen molar-refractivity contribution in [2.45, 2.75) is 25.3 Å². The summed E-state index contributed by atoms with van der Waals surface area (Å²) in [6.07, 6.45) is 6.03. The zero-order valence-electron chi connectivity index (χ0n) is 13.5. The standard InChI is InChI=1S/C17H22N2O4/c1-19(22-2)17(21)14-10-5-3-4-8-12-23-15-11-7-6-9-13(15)16(20)18-14/h3,5-7,9,11,14H,4,8,10,12H2,1-2H3,(H,18,20)/t14-/m0/s1. The van der Waals surface area contributed by atoms with E-state index >= 15 is 0 Å². The van der Waals surface area contributed by atoms with Crippen LogP contribution in [-0.4, -0.2) is 43.7 Å². The molecule has 0 aromatic heterocycles. The quantitative estimate of drug-likeness (QED) is 0.668. The van der Waals surface area contributed by atoms with Crippen LogP contribution in [0.25, 0.3) is 0 Å². The average molecular weight is 318 g/mol. The van der Waals surface area contributed by atoms with Crippen molar-refractivity contribution in [3.05, 3.63) is 42.0 Å². The molecule has 0 fully saturated rings. The Morgan fingerprint density at radius 2 is 2.13 bits per heavy atom. The first kappa shape index (κ1) is 17.0. The molecule has 1 heterocycles. The van der Waals surface area contributed by atoms with Crippen molar-refractivity contribution in [3.63, 3.8) is 0 Å². The van der Waals surface area contributed by atoms with Crippen molar-refractivity contribution in [3.8, 4) is 5.75 Å².